The van der Waals surface area contributed by atoms with Gasteiger partial charge < -0.3 is 0 Å². The lowest BCUT2D eigenvalue weighted by Gasteiger charge is -2.12. The van der Waals surface area contributed by atoms with Gasteiger partial charge in [0.05, 0.1) is 0 Å². The average Bonchev–Trinajstić information content (AvgIpc) is 2.12. The molecule has 0 bridgehead atoms. The highest BCUT2D eigenvalue weighted by molar-refractivity contribution is 6.43. The summed E-state index contributed by atoms with van der Waals surface area (Å²) in [5.41, 5.74) is 3.18. The second-order valence-corrected chi connectivity index (χ2v) is 3.18. The van der Waals surface area contributed by atoms with Crippen molar-refractivity contribution in [1.29, 1.82) is 0 Å². The Kier molecular flexibility index (Phi) is 1.76. The molecule has 0 nitrogen and oxygen atoms in total. The Morgan fingerprint density at radius 1 is 1.42 bits per heavy atom. The summed E-state index contributed by atoms with van der Waals surface area (Å²) in [4.78, 5) is 0. The Morgan fingerprint density at radius 2 is 2.25 bits per heavy atom. The fraction of sp³-hybridized carbons (Fsp3) is 0.200. The van der Waals surface area contributed by atoms with Crippen LogP contribution < -0.4 is 0 Å². The van der Waals surface area contributed by atoms with Crippen molar-refractivity contribution >= 4 is 13.4 Å². The van der Waals surface area contributed by atoms with E-state index in [4.69, 9.17) is 0 Å². The molecule has 0 radical (unpaired) electrons. The maximum Gasteiger partial charge on any atom is 0.152 e. The van der Waals surface area contributed by atoms with Crippen molar-refractivity contribution in [1.82, 2.24) is 0 Å². The summed E-state index contributed by atoms with van der Waals surface area (Å²) in [7, 11) is 1.04. The van der Waals surface area contributed by atoms with Gasteiger partial charge in [0.2, 0.25) is 0 Å². The third kappa shape index (κ3) is 1.08. The topological polar surface area (TPSA) is 0 Å². The standard InChI is InChI=1S/C10H10BF/c1-7-9-6-11-5-4-8(9)2-3-10(7)12/h2-5,11H,6H2,1H3. The van der Waals surface area contributed by atoms with Crippen LogP contribution in [0.3, 0.4) is 0 Å². The zero-order valence-electron chi connectivity index (χ0n) is 7.10. The van der Waals surface area contributed by atoms with E-state index in [1.807, 2.05) is 13.0 Å². The van der Waals surface area contributed by atoms with Crippen molar-refractivity contribution in [3.8, 4) is 0 Å². The Balaban J connectivity index is 2.63. The molecular formula is C10H10BF. The number of halogens is 1. The smallest absolute Gasteiger partial charge is 0.152 e. The van der Waals surface area contributed by atoms with E-state index in [0.29, 0.717) is 0 Å². The zero-order valence-corrected chi connectivity index (χ0v) is 7.10. The Morgan fingerprint density at radius 3 is 3.08 bits per heavy atom. The van der Waals surface area contributed by atoms with Gasteiger partial charge in [0.25, 0.3) is 0 Å². The van der Waals surface area contributed by atoms with Gasteiger partial charge >= 0.3 is 0 Å². The van der Waals surface area contributed by atoms with E-state index in [2.05, 4.69) is 12.1 Å². The van der Waals surface area contributed by atoms with Crippen molar-refractivity contribution in [2.24, 2.45) is 0 Å². The second kappa shape index (κ2) is 2.78. The first-order valence-electron chi connectivity index (χ1n) is 4.23. The summed E-state index contributed by atoms with van der Waals surface area (Å²) in [5, 5.41) is 0. The summed E-state index contributed by atoms with van der Waals surface area (Å²) >= 11 is 0. The van der Waals surface area contributed by atoms with Gasteiger partial charge in [-0.15, -0.1) is 5.98 Å². The predicted octanol–water partition coefficient (Wildman–Crippen LogP) is 2.05. The average molecular weight is 160 g/mol. The molecule has 0 saturated heterocycles. The summed E-state index contributed by atoms with van der Waals surface area (Å²) in [6.07, 6.45) is 3.06. The van der Waals surface area contributed by atoms with E-state index in [0.717, 1.165) is 19.2 Å². The molecule has 60 valence electrons. The molecule has 1 aliphatic heterocycles. The van der Waals surface area contributed by atoms with Gasteiger partial charge in [-0.1, -0.05) is 12.1 Å². The molecule has 0 fully saturated rings. The van der Waals surface area contributed by atoms with Crippen LogP contribution in [0.4, 0.5) is 4.39 Å². The van der Waals surface area contributed by atoms with E-state index in [9.17, 15) is 4.39 Å². The lowest BCUT2D eigenvalue weighted by Crippen LogP contribution is -2.05. The van der Waals surface area contributed by atoms with Crippen LogP contribution in [0.2, 0.25) is 0 Å². The molecule has 2 heteroatoms. The molecule has 0 unspecified atom stereocenters. The Hall–Kier alpha value is -1.05. The number of rotatable bonds is 0. The van der Waals surface area contributed by atoms with Gasteiger partial charge in [-0.05, 0) is 36.0 Å². The first-order valence-corrected chi connectivity index (χ1v) is 4.23. The molecule has 0 spiro atoms. The SMILES string of the molecule is Cc1c(F)ccc2c1CBC=C2. The van der Waals surface area contributed by atoms with E-state index in [1.165, 1.54) is 11.1 Å². The number of hydrogen-bond donors (Lipinski definition) is 0. The molecule has 0 atom stereocenters. The molecule has 0 amide bonds. The van der Waals surface area contributed by atoms with Crippen LogP contribution in [0.5, 0.6) is 0 Å². The van der Waals surface area contributed by atoms with Gasteiger partial charge in [0.15, 0.2) is 7.28 Å². The number of hydrogen-bond acceptors (Lipinski definition) is 0. The highest BCUT2D eigenvalue weighted by atomic mass is 19.1. The maximum atomic E-state index is 13.1. The van der Waals surface area contributed by atoms with Crippen LogP contribution in [0.25, 0.3) is 6.08 Å². The first kappa shape index (κ1) is 7.60. The molecule has 1 heterocycles. The minimum Gasteiger partial charge on any atom is -0.207 e. The molecule has 1 aromatic carbocycles. The van der Waals surface area contributed by atoms with Gasteiger partial charge in [-0.25, -0.2) is 4.39 Å². The van der Waals surface area contributed by atoms with Gasteiger partial charge in [0.1, 0.15) is 5.82 Å². The van der Waals surface area contributed by atoms with Gasteiger partial charge in [0, 0.05) is 0 Å². The fourth-order valence-corrected chi connectivity index (χ4v) is 1.68. The van der Waals surface area contributed by atoms with Gasteiger partial charge in [-0.2, -0.15) is 0 Å². The third-order valence-corrected chi connectivity index (χ3v) is 2.43. The second-order valence-electron chi connectivity index (χ2n) is 3.18. The predicted molar refractivity (Wildman–Crippen MR) is 51.0 cm³/mol. The molecule has 12 heavy (non-hydrogen) atoms. The Bertz CT molecular complexity index is 342. The van der Waals surface area contributed by atoms with Crippen molar-refractivity contribution in [3.63, 3.8) is 0 Å². The van der Waals surface area contributed by atoms with E-state index < -0.39 is 0 Å². The highest BCUT2D eigenvalue weighted by Gasteiger charge is 2.10. The van der Waals surface area contributed by atoms with Crippen molar-refractivity contribution in [2.75, 3.05) is 0 Å². The Labute approximate surface area is 72.3 Å². The van der Waals surface area contributed by atoms with Crippen molar-refractivity contribution in [3.05, 3.63) is 40.6 Å². The molecule has 0 saturated carbocycles. The molecule has 0 aromatic heterocycles. The van der Waals surface area contributed by atoms with Crippen LogP contribution >= 0.6 is 0 Å². The van der Waals surface area contributed by atoms with E-state index in [-0.39, 0.29) is 5.82 Å². The summed E-state index contributed by atoms with van der Waals surface area (Å²) in [5.74, 6) is 2.06. The van der Waals surface area contributed by atoms with Crippen molar-refractivity contribution in [2.45, 2.75) is 13.2 Å². The van der Waals surface area contributed by atoms with E-state index in [1.54, 1.807) is 6.07 Å². The monoisotopic (exact) mass is 160 g/mol. The molecule has 1 aromatic rings. The van der Waals surface area contributed by atoms with Crippen LogP contribution in [-0.4, -0.2) is 7.28 Å². The maximum absolute atomic E-state index is 13.1. The molecular weight excluding hydrogens is 150 g/mol. The summed E-state index contributed by atoms with van der Waals surface area (Å²) in [6.45, 7) is 1.85. The van der Waals surface area contributed by atoms with Gasteiger partial charge in [-0.3, -0.25) is 0 Å². The largest absolute Gasteiger partial charge is 0.207 e. The molecule has 2 rings (SSSR count). The minimum absolute atomic E-state index is 0.0796. The van der Waals surface area contributed by atoms with Crippen molar-refractivity contribution < 1.29 is 4.39 Å². The lowest BCUT2D eigenvalue weighted by molar-refractivity contribution is 0.616. The molecule has 0 N–H and O–H groups in total. The normalized spacial score (nSPS) is 13.8. The summed E-state index contributed by atoms with van der Waals surface area (Å²) < 4.78 is 13.1. The van der Waals surface area contributed by atoms with Crippen LogP contribution in [0, 0.1) is 12.7 Å². The quantitative estimate of drug-likeness (QED) is 0.509. The third-order valence-electron chi connectivity index (χ3n) is 2.43. The number of fused-ring (bicyclic) bond motifs is 1. The van der Waals surface area contributed by atoms with Crippen LogP contribution in [0.15, 0.2) is 18.1 Å². The van der Waals surface area contributed by atoms with E-state index >= 15 is 0 Å². The first-order chi connectivity index (χ1) is 5.79. The molecule has 1 aliphatic rings. The zero-order chi connectivity index (χ0) is 8.55. The summed E-state index contributed by atoms with van der Waals surface area (Å²) in [6, 6.07) is 3.40. The highest BCUT2D eigenvalue weighted by Crippen LogP contribution is 2.21. The minimum atomic E-state index is -0.0796. The lowest BCUT2D eigenvalue weighted by atomic mass is 9.66. The number of benzene rings is 1. The molecule has 0 aliphatic carbocycles. The van der Waals surface area contributed by atoms with Crippen LogP contribution in [0.1, 0.15) is 16.7 Å². The van der Waals surface area contributed by atoms with Crippen LogP contribution in [-0.2, 0) is 6.32 Å². The fourth-order valence-electron chi connectivity index (χ4n) is 1.68.